The Hall–Kier alpha value is -2.54. The highest BCUT2D eigenvalue weighted by Gasteiger charge is 2.33. The number of methoxy groups -OCH3 is 1. The molecular weight excluding hydrogens is 378 g/mol. The van der Waals surface area contributed by atoms with Crippen molar-refractivity contribution in [2.24, 2.45) is 0 Å². The second-order valence-corrected chi connectivity index (χ2v) is 8.23. The van der Waals surface area contributed by atoms with E-state index in [1.54, 1.807) is 20.8 Å². The van der Waals surface area contributed by atoms with Gasteiger partial charge >= 0.3 is 11.9 Å². The van der Waals surface area contributed by atoms with Gasteiger partial charge in [-0.05, 0) is 51.3 Å². The van der Waals surface area contributed by atoms with E-state index < -0.39 is 18.0 Å². The molecule has 0 aliphatic carbocycles. The highest BCUT2D eigenvalue weighted by molar-refractivity contribution is 8.01. The van der Waals surface area contributed by atoms with Gasteiger partial charge in [0.05, 0.1) is 18.4 Å². The first kappa shape index (κ1) is 20.2. The molecular formula is C21H23NO5S. The van der Waals surface area contributed by atoms with Gasteiger partial charge in [0.1, 0.15) is 5.25 Å². The third-order valence-corrected chi connectivity index (χ3v) is 6.17. The number of rotatable bonds is 5. The number of carbonyl (C=O) groups is 3. The van der Waals surface area contributed by atoms with E-state index in [1.165, 1.54) is 18.9 Å². The fourth-order valence-corrected chi connectivity index (χ4v) is 4.66. The average Bonchev–Trinajstić information content (AvgIpc) is 3.20. The molecule has 28 heavy (non-hydrogen) atoms. The van der Waals surface area contributed by atoms with Gasteiger partial charge in [-0.15, -0.1) is 11.8 Å². The number of aromatic amines is 1. The maximum atomic E-state index is 12.8. The van der Waals surface area contributed by atoms with Crippen molar-refractivity contribution in [3.63, 3.8) is 0 Å². The molecule has 1 aromatic carbocycles. The van der Waals surface area contributed by atoms with Crippen molar-refractivity contribution in [2.75, 3.05) is 7.11 Å². The quantitative estimate of drug-likeness (QED) is 0.609. The molecule has 1 N–H and O–H groups in total. The lowest BCUT2D eigenvalue weighted by Crippen LogP contribution is -2.30. The molecule has 3 rings (SSSR count). The molecule has 0 amide bonds. The van der Waals surface area contributed by atoms with Crippen LogP contribution in [0.25, 0.3) is 0 Å². The van der Waals surface area contributed by atoms with Gasteiger partial charge in [-0.1, -0.05) is 17.7 Å². The van der Waals surface area contributed by atoms with Gasteiger partial charge in [-0.2, -0.15) is 0 Å². The monoisotopic (exact) mass is 401 g/mol. The van der Waals surface area contributed by atoms with E-state index in [4.69, 9.17) is 9.47 Å². The van der Waals surface area contributed by atoms with Crippen LogP contribution in [0.2, 0.25) is 0 Å². The summed E-state index contributed by atoms with van der Waals surface area (Å²) in [4.78, 5) is 41.3. The van der Waals surface area contributed by atoms with Crippen molar-refractivity contribution in [2.45, 2.75) is 50.4 Å². The topological polar surface area (TPSA) is 85.5 Å². The molecule has 0 saturated carbocycles. The number of thioether (sulfide) groups is 1. The number of fused-ring (bicyclic) bond motifs is 1. The van der Waals surface area contributed by atoms with Crippen LogP contribution in [0, 0.1) is 20.8 Å². The summed E-state index contributed by atoms with van der Waals surface area (Å²) in [5.74, 6) is -1.29. The molecule has 2 heterocycles. The number of ketones is 1. The number of aromatic nitrogens is 1. The molecule has 0 spiro atoms. The Bertz CT molecular complexity index is 962. The number of hydrogen-bond donors (Lipinski definition) is 1. The molecule has 1 aliphatic heterocycles. The Morgan fingerprint density at radius 2 is 1.93 bits per heavy atom. The summed E-state index contributed by atoms with van der Waals surface area (Å²) in [6, 6.07) is 6.11. The first-order valence-corrected chi connectivity index (χ1v) is 9.89. The average molecular weight is 401 g/mol. The molecule has 1 aromatic heterocycles. The Labute approximate surface area is 168 Å². The molecule has 2 aromatic rings. The number of nitrogens with one attached hydrogen (secondary N) is 1. The van der Waals surface area contributed by atoms with Gasteiger partial charge in [0.2, 0.25) is 5.78 Å². The molecule has 0 fully saturated rings. The number of aryl methyl sites for hydroxylation is 2. The van der Waals surface area contributed by atoms with Gasteiger partial charge in [0.25, 0.3) is 0 Å². The fraction of sp³-hybridized carbons (Fsp3) is 0.381. The number of carbonyl (C=O) groups excluding carboxylic acids is 3. The molecule has 0 saturated heterocycles. The summed E-state index contributed by atoms with van der Waals surface area (Å²) >= 11 is 1.47. The zero-order valence-electron chi connectivity index (χ0n) is 16.5. The molecule has 1 aliphatic rings. The van der Waals surface area contributed by atoms with Crippen LogP contribution in [0.15, 0.2) is 23.1 Å². The lowest BCUT2D eigenvalue weighted by Gasteiger charge is -2.15. The highest BCUT2D eigenvalue weighted by atomic mass is 32.2. The van der Waals surface area contributed by atoms with Crippen LogP contribution in [0.1, 0.15) is 50.2 Å². The van der Waals surface area contributed by atoms with E-state index in [0.717, 1.165) is 16.0 Å². The summed E-state index contributed by atoms with van der Waals surface area (Å²) in [7, 11) is 1.29. The van der Waals surface area contributed by atoms with E-state index in [1.807, 2.05) is 19.1 Å². The van der Waals surface area contributed by atoms with Gasteiger partial charge in [0, 0.05) is 10.6 Å². The summed E-state index contributed by atoms with van der Waals surface area (Å²) in [6.07, 6.45) is -0.367. The number of esters is 2. The lowest BCUT2D eigenvalue weighted by molar-refractivity contribution is -0.145. The number of hydrogen-bond acceptors (Lipinski definition) is 6. The van der Waals surface area contributed by atoms with Gasteiger partial charge in [-0.25, -0.2) is 4.79 Å². The Morgan fingerprint density at radius 3 is 2.61 bits per heavy atom. The molecule has 6 nitrogen and oxygen atoms in total. The van der Waals surface area contributed by atoms with E-state index in [-0.39, 0.29) is 16.7 Å². The number of benzene rings is 1. The molecule has 0 radical (unpaired) electrons. The van der Waals surface area contributed by atoms with Gasteiger partial charge in [-0.3, -0.25) is 9.59 Å². The first-order valence-electron chi connectivity index (χ1n) is 9.01. The van der Waals surface area contributed by atoms with Gasteiger partial charge < -0.3 is 14.5 Å². The maximum Gasteiger partial charge on any atom is 0.339 e. The van der Waals surface area contributed by atoms with Crippen molar-refractivity contribution in [3.8, 4) is 0 Å². The van der Waals surface area contributed by atoms with Crippen LogP contribution in [0.4, 0.5) is 0 Å². The van der Waals surface area contributed by atoms with Crippen LogP contribution in [-0.4, -0.2) is 41.2 Å². The van der Waals surface area contributed by atoms with Crippen molar-refractivity contribution >= 4 is 29.5 Å². The summed E-state index contributed by atoms with van der Waals surface area (Å²) in [5, 5.41) is -0.357. The number of Topliss-reactive ketones (excluding diaryl/α,β-unsaturated/α-hetero) is 1. The SMILES string of the molecule is COC(=O)c1c(C)[nH]c(C(=O)[C@@H](C)OC(=O)[C@@H]2Cc3ccc(C)cc3S2)c1C. The van der Waals surface area contributed by atoms with Crippen molar-refractivity contribution in [1.29, 1.82) is 0 Å². The second-order valence-electron chi connectivity index (χ2n) is 6.98. The van der Waals surface area contributed by atoms with Crippen LogP contribution in [0.3, 0.4) is 0 Å². The van der Waals surface area contributed by atoms with E-state index >= 15 is 0 Å². The van der Waals surface area contributed by atoms with E-state index in [0.29, 0.717) is 23.2 Å². The Balaban J connectivity index is 1.70. The Morgan fingerprint density at radius 1 is 1.21 bits per heavy atom. The van der Waals surface area contributed by atoms with E-state index in [9.17, 15) is 14.4 Å². The predicted molar refractivity (Wildman–Crippen MR) is 106 cm³/mol. The zero-order valence-corrected chi connectivity index (χ0v) is 17.4. The lowest BCUT2D eigenvalue weighted by atomic mass is 10.1. The van der Waals surface area contributed by atoms with Crippen molar-refractivity contribution < 1.29 is 23.9 Å². The summed E-state index contributed by atoms with van der Waals surface area (Å²) in [6.45, 7) is 6.92. The molecule has 148 valence electrons. The largest absolute Gasteiger partial charge is 0.465 e. The summed E-state index contributed by atoms with van der Waals surface area (Å²) < 4.78 is 10.2. The van der Waals surface area contributed by atoms with Gasteiger partial charge in [0.15, 0.2) is 6.10 Å². The molecule has 0 bridgehead atoms. The minimum Gasteiger partial charge on any atom is -0.465 e. The Kier molecular flexibility index (Phi) is 5.65. The minimum atomic E-state index is -0.958. The van der Waals surface area contributed by atoms with Crippen LogP contribution >= 0.6 is 11.8 Å². The smallest absolute Gasteiger partial charge is 0.339 e. The van der Waals surface area contributed by atoms with Crippen molar-refractivity contribution in [3.05, 3.63) is 51.8 Å². The predicted octanol–water partition coefficient (Wildman–Crippen LogP) is 3.56. The van der Waals surface area contributed by atoms with Crippen LogP contribution < -0.4 is 0 Å². The van der Waals surface area contributed by atoms with Crippen molar-refractivity contribution in [1.82, 2.24) is 4.98 Å². The molecule has 0 unspecified atom stereocenters. The number of H-pyrrole nitrogens is 1. The van der Waals surface area contributed by atoms with Crippen LogP contribution in [-0.2, 0) is 20.7 Å². The maximum absolute atomic E-state index is 12.8. The molecule has 7 heteroatoms. The van der Waals surface area contributed by atoms with Crippen LogP contribution in [0.5, 0.6) is 0 Å². The first-order chi connectivity index (χ1) is 13.2. The summed E-state index contributed by atoms with van der Waals surface area (Å²) in [5.41, 5.74) is 3.90. The minimum absolute atomic E-state index is 0.260. The van der Waals surface area contributed by atoms with E-state index in [2.05, 4.69) is 11.1 Å². The second kappa shape index (κ2) is 7.83. The third kappa shape index (κ3) is 3.71. The normalized spacial score (nSPS) is 16.4. The highest BCUT2D eigenvalue weighted by Crippen LogP contribution is 2.38. The fourth-order valence-electron chi connectivity index (χ4n) is 3.38. The zero-order chi connectivity index (χ0) is 20.6. The standard InChI is InChI=1S/C21H23NO5S/c1-10-6-7-14-9-16(28-15(14)8-10)20(24)27-13(4)19(23)18-11(2)17(12(3)22-18)21(25)26-5/h6-8,13,16,22H,9H2,1-5H3/t13-,16+/m1/s1. The molecule has 2 atom stereocenters. The third-order valence-electron chi connectivity index (χ3n) is 4.90. The number of ether oxygens (including phenoxy) is 2.